The van der Waals surface area contributed by atoms with Crippen molar-refractivity contribution < 1.29 is 9.53 Å². The molecule has 1 heterocycles. The Kier molecular flexibility index (Phi) is 4.76. The second-order valence-electron chi connectivity index (χ2n) is 4.90. The van der Waals surface area contributed by atoms with Gasteiger partial charge in [0.15, 0.2) is 5.78 Å². The van der Waals surface area contributed by atoms with Gasteiger partial charge < -0.3 is 10.1 Å². The van der Waals surface area contributed by atoms with Crippen LogP contribution in [0.15, 0.2) is 24.3 Å². The summed E-state index contributed by atoms with van der Waals surface area (Å²) in [6.45, 7) is 4.51. The van der Waals surface area contributed by atoms with Crippen LogP contribution in [-0.4, -0.2) is 25.5 Å². The van der Waals surface area contributed by atoms with E-state index in [2.05, 4.69) is 5.32 Å². The number of rotatable bonds is 5. The normalized spacial score (nSPS) is 19.5. The van der Waals surface area contributed by atoms with Crippen LogP contribution < -0.4 is 10.1 Å². The third-order valence-electron chi connectivity index (χ3n) is 3.45. The molecule has 0 unspecified atom stereocenters. The van der Waals surface area contributed by atoms with E-state index in [-0.39, 0.29) is 5.78 Å². The number of ketones is 1. The Balaban J connectivity index is 1.84. The SMILES string of the molecule is CC(=O)c1ccccc1OCC[C@H]1CCCNC1. The molecular weight excluding hydrogens is 226 g/mol. The van der Waals surface area contributed by atoms with Crippen molar-refractivity contribution in [2.45, 2.75) is 26.2 Å². The van der Waals surface area contributed by atoms with Gasteiger partial charge in [0.1, 0.15) is 5.75 Å². The number of Topliss-reactive ketones (excluding diaryl/α,β-unsaturated/α-hetero) is 1. The lowest BCUT2D eigenvalue weighted by Gasteiger charge is -2.22. The minimum atomic E-state index is 0.0601. The predicted octanol–water partition coefficient (Wildman–Crippen LogP) is 2.66. The fourth-order valence-electron chi connectivity index (χ4n) is 2.39. The highest BCUT2D eigenvalue weighted by Gasteiger charge is 2.13. The van der Waals surface area contributed by atoms with Gasteiger partial charge >= 0.3 is 0 Å². The Morgan fingerprint density at radius 3 is 3.00 bits per heavy atom. The van der Waals surface area contributed by atoms with Crippen LogP contribution in [0.5, 0.6) is 5.75 Å². The number of para-hydroxylation sites is 1. The first-order chi connectivity index (χ1) is 8.77. The van der Waals surface area contributed by atoms with Crippen LogP contribution in [0.2, 0.25) is 0 Å². The van der Waals surface area contributed by atoms with E-state index in [1.807, 2.05) is 24.3 Å². The molecule has 18 heavy (non-hydrogen) atoms. The Morgan fingerprint density at radius 2 is 2.28 bits per heavy atom. The molecule has 1 aromatic rings. The van der Waals surface area contributed by atoms with Crippen molar-refractivity contribution in [1.82, 2.24) is 5.32 Å². The summed E-state index contributed by atoms with van der Waals surface area (Å²) in [7, 11) is 0. The van der Waals surface area contributed by atoms with E-state index >= 15 is 0 Å². The summed E-state index contributed by atoms with van der Waals surface area (Å²) in [6, 6.07) is 7.47. The zero-order valence-electron chi connectivity index (χ0n) is 10.9. The summed E-state index contributed by atoms with van der Waals surface area (Å²) in [5, 5.41) is 3.40. The fraction of sp³-hybridized carbons (Fsp3) is 0.533. The van der Waals surface area contributed by atoms with Crippen LogP contribution in [0.3, 0.4) is 0 Å². The third-order valence-corrected chi connectivity index (χ3v) is 3.45. The van der Waals surface area contributed by atoms with Crippen molar-refractivity contribution >= 4 is 5.78 Å². The molecule has 0 aromatic heterocycles. The summed E-state index contributed by atoms with van der Waals surface area (Å²) in [4.78, 5) is 11.4. The number of nitrogens with one attached hydrogen (secondary N) is 1. The number of hydrogen-bond donors (Lipinski definition) is 1. The standard InChI is InChI=1S/C15H21NO2/c1-12(17)14-6-2-3-7-15(14)18-10-8-13-5-4-9-16-11-13/h2-3,6-7,13,16H,4-5,8-11H2,1H3/t13-/m1/s1. The van der Waals surface area contributed by atoms with E-state index in [1.165, 1.54) is 12.8 Å². The van der Waals surface area contributed by atoms with Gasteiger partial charge in [0.2, 0.25) is 0 Å². The van der Waals surface area contributed by atoms with Crippen molar-refractivity contribution in [3.05, 3.63) is 29.8 Å². The number of carbonyl (C=O) groups excluding carboxylic acids is 1. The zero-order chi connectivity index (χ0) is 12.8. The summed E-state index contributed by atoms with van der Waals surface area (Å²) in [6.07, 6.45) is 3.60. The van der Waals surface area contributed by atoms with Gasteiger partial charge in [0, 0.05) is 0 Å². The largest absolute Gasteiger partial charge is 0.493 e. The van der Waals surface area contributed by atoms with Crippen LogP contribution in [0.4, 0.5) is 0 Å². The number of carbonyl (C=O) groups is 1. The molecule has 0 radical (unpaired) electrons. The molecule has 3 nitrogen and oxygen atoms in total. The minimum Gasteiger partial charge on any atom is -0.493 e. The van der Waals surface area contributed by atoms with E-state index in [9.17, 15) is 4.79 Å². The topological polar surface area (TPSA) is 38.3 Å². The van der Waals surface area contributed by atoms with Crippen molar-refractivity contribution in [2.75, 3.05) is 19.7 Å². The maximum atomic E-state index is 11.4. The maximum Gasteiger partial charge on any atom is 0.163 e. The molecule has 1 aliphatic heterocycles. The second-order valence-corrected chi connectivity index (χ2v) is 4.90. The van der Waals surface area contributed by atoms with Gasteiger partial charge in [-0.25, -0.2) is 0 Å². The Bertz CT molecular complexity index is 397. The Labute approximate surface area is 109 Å². The number of ether oxygens (including phenoxy) is 1. The first-order valence-electron chi connectivity index (χ1n) is 6.71. The van der Waals surface area contributed by atoms with Gasteiger partial charge in [-0.2, -0.15) is 0 Å². The van der Waals surface area contributed by atoms with Gasteiger partial charge in [-0.3, -0.25) is 4.79 Å². The van der Waals surface area contributed by atoms with Gasteiger partial charge in [-0.05, 0) is 57.3 Å². The molecule has 1 saturated heterocycles. The van der Waals surface area contributed by atoms with Crippen LogP contribution in [-0.2, 0) is 0 Å². The van der Waals surface area contributed by atoms with Gasteiger partial charge in [-0.15, -0.1) is 0 Å². The van der Waals surface area contributed by atoms with Gasteiger partial charge in [0.25, 0.3) is 0 Å². The first-order valence-corrected chi connectivity index (χ1v) is 6.71. The summed E-state index contributed by atoms with van der Waals surface area (Å²) in [5.74, 6) is 1.49. The van der Waals surface area contributed by atoms with E-state index < -0.39 is 0 Å². The van der Waals surface area contributed by atoms with Crippen LogP contribution in [0.1, 0.15) is 36.5 Å². The Morgan fingerprint density at radius 1 is 1.44 bits per heavy atom. The van der Waals surface area contributed by atoms with Crippen LogP contribution >= 0.6 is 0 Å². The number of hydrogen-bond acceptors (Lipinski definition) is 3. The predicted molar refractivity (Wildman–Crippen MR) is 72.2 cm³/mol. The lowest BCUT2D eigenvalue weighted by Crippen LogP contribution is -2.30. The molecule has 1 aromatic carbocycles. The van der Waals surface area contributed by atoms with Crippen molar-refractivity contribution in [2.24, 2.45) is 5.92 Å². The number of benzene rings is 1. The van der Waals surface area contributed by atoms with Gasteiger partial charge in [0.05, 0.1) is 12.2 Å². The molecule has 1 fully saturated rings. The molecule has 98 valence electrons. The molecule has 1 atom stereocenters. The highest BCUT2D eigenvalue weighted by Crippen LogP contribution is 2.20. The zero-order valence-corrected chi connectivity index (χ0v) is 10.9. The molecule has 2 rings (SSSR count). The molecule has 0 aliphatic carbocycles. The van der Waals surface area contributed by atoms with Crippen molar-refractivity contribution in [3.8, 4) is 5.75 Å². The maximum absolute atomic E-state index is 11.4. The van der Waals surface area contributed by atoms with Crippen LogP contribution in [0.25, 0.3) is 0 Å². The smallest absolute Gasteiger partial charge is 0.163 e. The summed E-state index contributed by atoms with van der Waals surface area (Å²) < 4.78 is 5.75. The molecule has 0 saturated carbocycles. The highest BCUT2D eigenvalue weighted by atomic mass is 16.5. The summed E-state index contributed by atoms with van der Waals surface area (Å²) >= 11 is 0. The quantitative estimate of drug-likeness (QED) is 0.813. The molecule has 0 amide bonds. The van der Waals surface area contributed by atoms with Gasteiger partial charge in [-0.1, -0.05) is 12.1 Å². The van der Waals surface area contributed by atoms with Crippen molar-refractivity contribution in [1.29, 1.82) is 0 Å². The minimum absolute atomic E-state index is 0.0601. The fourth-order valence-corrected chi connectivity index (χ4v) is 2.39. The average molecular weight is 247 g/mol. The highest BCUT2D eigenvalue weighted by molar-refractivity contribution is 5.96. The van der Waals surface area contributed by atoms with Crippen molar-refractivity contribution in [3.63, 3.8) is 0 Å². The lowest BCUT2D eigenvalue weighted by atomic mass is 9.97. The van der Waals surface area contributed by atoms with E-state index in [0.717, 1.165) is 19.5 Å². The summed E-state index contributed by atoms with van der Waals surface area (Å²) in [5.41, 5.74) is 0.680. The second kappa shape index (κ2) is 6.55. The first kappa shape index (κ1) is 13.1. The molecule has 1 aliphatic rings. The van der Waals surface area contributed by atoms with E-state index in [0.29, 0.717) is 23.8 Å². The van der Waals surface area contributed by atoms with Crippen LogP contribution in [0, 0.1) is 5.92 Å². The third kappa shape index (κ3) is 3.57. The number of piperidine rings is 1. The molecule has 3 heteroatoms. The molecule has 0 bridgehead atoms. The van der Waals surface area contributed by atoms with E-state index in [4.69, 9.17) is 4.74 Å². The Hall–Kier alpha value is -1.35. The molecular formula is C15H21NO2. The average Bonchev–Trinajstić information content (AvgIpc) is 2.40. The van der Waals surface area contributed by atoms with E-state index in [1.54, 1.807) is 6.92 Å². The lowest BCUT2D eigenvalue weighted by molar-refractivity contribution is 0.101. The monoisotopic (exact) mass is 247 g/mol. The molecule has 0 spiro atoms. The molecule has 1 N–H and O–H groups in total.